The van der Waals surface area contributed by atoms with E-state index in [-0.39, 0.29) is 16.6 Å². The summed E-state index contributed by atoms with van der Waals surface area (Å²) >= 11 is 1.18. The summed E-state index contributed by atoms with van der Waals surface area (Å²) < 4.78 is 10.3. The van der Waals surface area contributed by atoms with E-state index >= 15 is 0 Å². The molecule has 0 saturated carbocycles. The lowest BCUT2D eigenvalue weighted by Gasteiger charge is -2.18. The lowest BCUT2D eigenvalue weighted by Crippen LogP contribution is -2.14. The summed E-state index contributed by atoms with van der Waals surface area (Å²) in [5.41, 5.74) is 2.20. The molecule has 1 heterocycles. The summed E-state index contributed by atoms with van der Waals surface area (Å²) in [6, 6.07) is 8.05. The molecular weight excluding hydrogens is 300 g/mol. The Morgan fingerprint density at radius 1 is 1.23 bits per heavy atom. The smallest absolute Gasteiger partial charge is 0.319 e. The molecule has 0 amide bonds. The fourth-order valence-corrected chi connectivity index (χ4v) is 2.56. The predicted molar refractivity (Wildman–Crippen MR) is 85.8 cm³/mol. The van der Waals surface area contributed by atoms with Crippen molar-refractivity contribution in [1.29, 1.82) is 0 Å². The van der Waals surface area contributed by atoms with Crippen LogP contribution in [0, 0.1) is 0 Å². The summed E-state index contributed by atoms with van der Waals surface area (Å²) in [6.45, 7) is 8.23. The molecule has 5 nitrogen and oxygen atoms in total. The number of rotatable bonds is 4. The van der Waals surface area contributed by atoms with Crippen molar-refractivity contribution in [2.75, 3.05) is 7.11 Å². The number of ether oxygens (including phenoxy) is 1. The number of carbonyl (C=O) groups excluding carboxylic acids is 1. The van der Waals surface area contributed by atoms with E-state index in [1.54, 1.807) is 6.92 Å². The van der Waals surface area contributed by atoms with Gasteiger partial charge in [-0.1, -0.05) is 44.7 Å². The summed E-state index contributed by atoms with van der Waals surface area (Å²) in [6.07, 6.45) is 0. The third-order valence-corrected chi connectivity index (χ3v) is 4.13. The Morgan fingerprint density at radius 3 is 2.41 bits per heavy atom. The van der Waals surface area contributed by atoms with Crippen LogP contribution in [0.15, 0.2) is 33.9 Å². The summed E-state index contributed by atoms with van der Waals surface area (Å²) in [5, 5.41) is 7.95. The number of esters is 1. The van der Waals surface area contributed by atoms with E-state index in [0.717, 1.165) is 5.56 Å². The lowest BCUT2D eigenvalue weighted by molar-refractivity contribution is -0.139. The molecule has 0 bridgehead atoms. The van der Waals surface area contributed by atoms with Gasteiger partial charge >= 0.3 is 5.97 Å². The first-order chi connectivity index (χ1) is 10.3. The molecule has 1 aromatic heterocycles. The zero-order valence-electron chi connectivity index (χ0n) is 13.4. The number of nitrogens with zero attached hydrogens (tertiary/aromatic N) is 2. The molecule has 1 aromatic carbocycles. The SMILES string of the molecule is COC(=O)[C@@H](C)Sc1nnc(-c2ccc(C(C)(C)C)cc2)o1. The Balaban J connectivity index is 2.13. The Kier molecular flexibility index (Phi) is 4.90. The van der Waals surface area contributed by atoms with Gasteiger partial charge in [-0.3, -0.25) is 4.79 Å². The normalized spacial score (nSPS) is 13.0. The van der Waals surface area contributed by atoms with Gasteiger partial charge < -0.3 is 9.15 Å². The first kappa shape index (κ1) is 16.5. The molecule has 0 radical (unpaired) electrons. The molecule has 0 aliphatic heterocycles. The number of carbonyl (C=O) groups is 1. The van der Waals surface area contributed by atoms with Gasteiger partial charge in [0.05, 0.1) is 7.11 Å². The molecule has 2 rings (SSSR count). The zero-order chi connectivity index (χ0) is 16.3. The van der Waals surface area contributed by atoms with Crippen molar-refractivity contribution in [3.05, 3.63) is 29.8 Å². The number of hydrogen-bond donors (Lipinski definition) is 0. The van der Waals surface area contributed by atoms with E-state index in [0.29, 0.717) is 11.1 Å². The van der Waals surface area contributed by atoms with Gasteiger partial charge in [0.15, 0.2) is 0 Å². The van der Waals surface area contributed by atoms with Crippen molar-refractivity contribution >= 4 is 17.7 Å². The van der Waals surface area contributed by atoms with Crippen molar-refractivity contribution in [1.82, 2.24) is 10.2 Å². The minimum absolute atomic E-state index is 0.102. The maximum atomic E-state index is 11.4. The van der Waals surface area contributed by atoms with Crippen LogP contribution in [0.5, 0.6) is 0 Å². The average Bonchev–Trinajstić information content (AvgIpc) is 2.94. The van der Waals surface area contributed by atoms with Gasteiger partial charge in [0.2, 0.25) is 5.89 Å². The summed E-state index contributed by atoms with van der Waals surface area (Å²) in [7, 11) is 1.36. The van der Waals surface area contributed by atoms with Crippen molar-refractivity contribution < 1.29 is 13.9 Å². The second-order valence-corrected chi connectivity index (χ2v) is 7.28. The second kappa shape index (κ2) is 6.52. The maximum absolute atomic E-state index is 11.4. The molecule has 0 unspecified atom stereocenters. The fourth-order valence-electron chi connectivity index (χ4n) is 1.85. The second-order valence-electron chi connectivity index (χ2n) is 5.98. The molecule has 2 aromatic rings. The standard InChI is InChI=1S/C16H20N2O3S/c1-10(14(19)20-5)22-15-18-17-13(21-15)11-6-8-12(9-7-11)16(2,3)4/h6-10H,1-5H3/t10-/m1/s1. The van der Waals surface area contributed by atoms with E-state index < -0.39 is 0 Å². The van der Waals surface area contributed by atoms with Gasteiger partial charge in [0.25, 0.3) is 5.22 Å². The van der Waals surface area contributed by atoms with Crippen LogP contribution in [0.4, 0.5) is 0 Å². The highest BCUT2D eigenvalue weighted by atomic mass is 32.2. The van der Waals surface area contributed by atoms with E-state index in [1.807, 2.05) is 12.1 Å². The Bertz CT molecular complexity index is 644. The van der Waals surface area contributed by atoms with E-state index in [9.17, 15) is 4.79 Å². The van der Waals surface area contributed by atoms with E-state index in [4.69, 9.17) is 4.42 Å². The van der Waals surface area contributed by atoms with Crippen LogP contribution in [-0.2, 0) is 14.9 Å². The highest BCUT2D eigenvalue weighted by Crippen LogP contribution is 2.28. The Morgan fingerprint density at radius 2 is 1.86 bits per heavy atom. The minimum Gasteiger partial charge on any atom is -0.468 e. The number of hydrogen-bond acceptors (Lipinski definition) is 6. The minimum atomic E-state index is -0.387. The third kappa shape index (κ3) is 3.88. The monoisotopic (exact) mass is 320 g/mol. The predicted octanol–water partition coefficient (Wildman–Crippen LogP) is 3.69. The number of thioether (sulfide) groups is 1. The van der Waals surface area contributed by atoms with Gasteiger partial charge in [-0.2, -0.15) is 0 Å². The van der Waals surface area contributed by atoms with Crippen LogP contribution in [0.25, 0.3) is 11.5 Å². The van der Waals surface area contributed by atoms with Crippen LogP contribution in [-0.4, -0.2) is 28.5 Å². The number of methoxy groups -OCH3 is 1. The summed E-state index contributed by atoms with van der Waals surface area (Å²) in [5.74, 6) is 0.124. The molecule has 6 heteroatoms. The largest absolute Gasteiger partial charge is 0.468 e. The van der Waals surface area contributed by atoms with Crippen LogP contribution in [0.3, 0.4) is 0 Å². The van der Waals surface area contributed by atoms with Crippen LogP contribution >= 0.6 is 11.8 Å². The van der Waals surface area contributed by atoms with Gasteiger partial charge in [-0.15, -0.1) is 10.2 Å². The van der Waals surface area contributed by atoms with Crippen LogP contribution in [0.1, 0.15) is 33.3 Å². The highest BCUT2D eigenvalue weighted by molar-refractivity contribution is 8.00. The van der Waals surface area contributed by atoms with Crippen LogP contribution < -0.4 is 0 Å². The van der Waals surface area contributed by atoms with E-state index in [2.05, 4.69) is 47.8 Å². The molecule has 0 fully saturated rings. The molecule has 0 aliphatic carbocycles. The lowest BCUT2D eigenvalue weighted by atomic mass is 9.87. The van der Waals surface area contributed by atoms with Gasteiger partial charge in [0, 0.05) is 5.56 Å². The quantitative estimate of drug-likeness (QED) is 0.632. The van der Waals surface area contributed by atoms with Gasteiger partial charge in [0.1, 0.15) is 5.25 Å². The topological polar surface area (TPSA) is 65.2 Å². The zero-order valence-corrected chi connectivity index (χ0v) is 14.2. The number of benzene rings is 1. The number of aromatic nitrogens is 2. The molecule has 0 aliphatic rings. The average molecular weight is 320 g/mol. The maximum Gasteiger partial charge on any atom is 0.319 e. The molecule has 1 atom stereocenters. The van der Waals surface area contributed by atoms with Crippen molar-refractivity contribution in [3.63, 3.8) is 0 Å². The van der Waals surface area contributed by atoms with Crippen molar-refractivity contribution in [2.24, 2.45) is 0 Å². The molecule has 0 spiro atoms. The Labute approximate surface area is 134 Å². The van der Waals surface area contributed by atoms with Gasteiger partial charge in [-0.25, -0.2) is 0 Å². The molecular formula is C16H20N2O3S. The third-order valence-electron chi connectivity index (χ3n) is 3.22. The molecule has 0 N–H and O–H groups in total. The van der Waals surface area contributed by atoms with Crippen molar-refractivity contribution in [3.8, 4) is 11.5 Å². The molecule has 0 saturated heterocycles. The van der Waals surface area contributed by atoms with E-state index in [1.165, 1.54) is 24.4 Å². The Hall–Kier alpha value is -1.82. The summed E-state index contributed by atoms with van der Waals surface area (Å²) in [4.78, 5) is 11.4. The molecule has 118 valence electrons. The van der Waals surface area contributed by atoms with Crippen LogP contribution in [0.2, 0.25) is 0 Å². The van der Waals surface area contributed by atoms with Gasteiger partial charge in [-0.05, 0) is 30.0 Å². The fraction of sp³-hybridized carbons (Fsp3) is 0.438. The molecule has 22 heavy (non-hydrogen) atoms. The highest BCUT2D eigenvalue weighted by Gasteiger charge is 2.19. The van der Waals surface area contributed by atoms with Crippen molar-refractivity contribution in [2.45, 2.75) is 43.6 Å². The first-order valence-electron chi connectivity index (χ1n) is 7.00. The first-order valence-corrected chi connectivity index (χ1v) is 7.88.